The molecule has 28 heavy (non-hydrogen) atoms. The zero-order chi connectivity index (χ0) is 19.1. The molecule has 1 aromatic carbocycles. The summed E-state index contributed by atoms with van der Waals surface area (Å²) in [5, 5.41) is 2.54. The molecule has 1 N–H and O–H groups in total. The number of H-pyrrole nitrogens is 1. The van der Waals surface area contributed by atoms with Gasteiger partial charge >= 0.3 is 5.97 Å². The van der Waals surface area contributed by atoms with Gasteiger partial charge < -0.3 is 9.72 Å². The molecule has 2 aliphatic carbocycles. The molecule has 0 saturated heterocycles. The van der Waals surface area contributed by atoms with Crippen LogP contribution in [0.5, 0.6) is 0 Å². The topological polar surface area (TPSA) is 72.0 Å². The van der Waals surface area contributed by atoms with E-state index in [-0.39, 0.29) is 18.1 Å². The second-order valence-electron chi connectivity index (χ2n) is 8.01. The van der Waals surface area contributed by atoms with Crippen LogP contribution in [0, 0.1) is 17.8 Å². The lowest BCUT2D eigenvalue weighted by molar-refractivity contribution is -0.146. The molecule has 0 radical (unpaired) electrons. The summed E-state index contributed by atoms with van der Waals surface area (Å²) in [4.78, 5) is 32.8. The van der Waals surface area contributed by atoms with Crippen LogP contribution in [-0.4, -0.2) is 15.9 Å². The number of esters is 1. The molecule has 2 saturated carbocycles. The molecule has 2 aromatic heterocycles. The minimum atomic E-state index is -0.191. The van der Waals surface area contributed by atoms with Crippen molar-refractivity contribution in [2.24, 2.45) is 17.8 Å². The summed E-state index contributed by atoms with van der Waals surface area (Å²) in [7, 11) is 0. The van der Waals surface area contributed by atoms with Crippen LogP contribution in [0.4, 0.5) is 0 Å². The molecule has 5 nitrogen and oxygen atoms in total. The summed E-state index contributed by atoms with van der Waals surface area (Å²) in [6, 6.07) is 9.80. The van der Waals surface area contributed by atoms with Gasteiger partial charge in [0.25, 0.3) is 5.56 Å². The Morgan fingerprint density at radius 2 is 2.07 bits per heavy atom. The van der Waals surface area contributed by atoms with Crippen LogP contribution in [0.15, 0.2) is 40.5 Å². The molecule has 6 heteroatoms. The maximum absolute atomic E-state index is 12.6. The zero-order valence-corrected chi connectivity index (χ0v) is 16.3. The molecule has 3 aromatic rings. The highest BCUT2D eigenvalue weighted by molar-refractivity contribution is 7.17. The third-order valence-electron chi connectivity index (χ3n) is 6.26. The predicted octanol–water partition coefficient (Wildman–Crippen LogP) is 4.52. The maximum atomic E-state index is 12.6. The van der Waals surface area contributed by atoms with Crippen LogP contribution in [0.2, 0.25) is 0 Å². The SMILES string of the molecule is O=C(C[C@@H]1C[C@H]2CC[C@@H]1C2)OCc1nc2scc(-c3ccccc3)c2c(=O)[nH]1. The molecule has 2 fully saturated rings. The fourth-order valence-corrected chi connectivity index (χ4v) is 5.91. The predicted molar refractivity (Wildman–Crippen MR) is 109 cm³/mol. The number of rotatable bonds is 5. The summed E-state index contributed by atoms with van der Waals surface area (Å²) >= 11 is 1.43. The van der Waals surface area contributed by atoms with Gasteiger partial charge in [0.1, 0.15) is 17.3 Å². The van der Waals surface area contributed by atoms with Gasteiger partial charge in [0.05, 0.1) is 5.39 Å². The fourth-order valence-electron chi connectivity index (χ4n) is 4.94. The Kier molecular flexibility index (Phi) is 4.51. The van der Waals surface area contributed by atoms with Crippen molar-refractivity contribution in [2.45, 2.75) is 38.7 Å². The highest BCUT2D eigenvalue weighted by Gasteiger charge is 2.40. The van der Waals surface area contributed by atoms with Gasteiger partial charge in [0.2, 0.25) is 0 Å². The number of thiophene rings is 1. The van der Waals surface area contributed by atoms with E-state index in [1.165, 1.54) is 30.6 Å². The van der Waals surface area contributed by atoms with E-state index in [0.717, 1.165) is 23.5 Å². The van der Waals surface area contributed by atoms with Gasteiger partial charge in [0, 0.05) is 17.4 Å². The van der Waals surface area contributed by atoms with Gasteiger partial charge in [-0.25, -0.2) is 4.98 Å². The van der Waals surface area contributed by atoms with Crippen LogP contribution in [0.1, 0.15) is 37.9 Å². The summed E-state index contributed by atoms with van der Waals surface area (Å²) in [5.74, 6) is 2.22. The van der Waals surface area contributed by atoms with Crippen LogP contribution in [-0.2, 0) is 16.1 Å². The number of nitrogens with zero attached hydrogens (tertiary/aromatic N) is 1. The number of ether oxygens (including phenoxy) is 1. The molecule has 0 aliphatic heterocycles. The first kappa shape index (κ1) is 17.6. The van der Waals surface area contributed by atoms with E-state index in [9.17, 15) is 9.59 Å². The Morgan fingerprint density at radius 3 is 2.82 bits per heavy atom. The van der Waals surface area contributed by atoms with E-state index >= 15 is 0 Å². The Balaban J connectivity index is 1.29. The molecule has 0 amide bonds. The highest BCUT2D eigenvalue weighted by atomic mass is 32.1. The maximum Gasteiger partial charge on any atom is 0.306 e. The van der Waals surface area contributed by atoms with Gasteiger partial charge in [-0.2, -0.15) is 0 Å². The number of hydrogen-bond acceptors (Lipinski definition) is 5. The van der Waals surface area contributed by atoms with Crippen molar-refractivity contribution in [1.29, 1.82) is 0 Å². The van der Waals surface area contributed by atoms with Crippen molar-refractivity contribution in [3.63, 3.8) is 0 Å². The minimum absolute atomic E-state index is 0.0173. The van der Waals surface area contributed by atoms with Crippen molar-refractivity contribution in [3.05, 3.63) is 51.9 Å². The van der Waals surface area contributed by atoms with Gasteiger partial charge in [0.15, 0.2) is 0 Å². The molecule has 3 atom stereocenters. The van der Waals surface area contributed by atoms with Crippen molar-refractivity contribution in [1.82, 2.24) is 9.97 Å². The number of aromatic nitrogens is 2. The van der Waals surface area contributed by atoms with Crippen LogP contribution in [0.25, 0.3) is 21.3 Å². The van der Waals surface area contributed by atoms with Crippen LogP contribution < -0.4 is 5.56 Å². The number of nitrogens with one attached hydrogen (secondary N) is 1. The average Bonchev–Trinajstić information content (AvgIpc) is 3.42. The normalized spacial score (nSPS) is 23.4. The summed E-state index contributed by atoms with van der Waals surface area (Å²) < 4.78 is 5.43. The molecule has 5 rings (SSSR count). The van der Waals surface area contributed by atoms with Crippen LogP contribution in [0.3, 0.4) is 0 Å². The van der Waals surface area contributed by atoms with Crippen molar-refractivity contribution in [2.75, 3.05) is 0 Å². The number of aromatic amines is 1. The first-order chi connectivity index (χ1) is 13.7. The molecular weight excluding hydrogens is 372 g/mol. The summed E-state index contributed by atoms with van der Waals surface area (Å²) in [6.45, 7) is 0.0173. The lowest BCUT2D eigenvalue weighted by atomic mass is 9.86. The lowest BCUT2D eigenvalue weighted by Gasteiger charge is -2.20. The number of carbonyl (C=O) groups excluding carboxylic acids is 1. The zero-order valence-electron chi connectivity index (χ0n) is 15.5. The number of benzene rings is 1. The van der Waals surface area contributed by atoms with E-state index < -0.39 is 0 Å². The monoisotopic (exact) mass is 394 g/mol. The summed E-state index contributed by atoms with van der Waals surface area (Å²) in [6.07, 6.45) is 5.53. The fraction of sp³-hybridized carbons (Fsp3) is 0.409. The van der Waals surface area contributed by atoms with Gasteiger partial charge in [-0.15, -0.1) is 11.3 Å². The standard InChI is InChI=1S/C22H22N2O3S/c25-19(10-16-9-13-6-7-15(16)8-13)27-11-18-23-21(26)20-17(12-28-22(20)24-18)14-4-2-1-3-5-14/h1-5,12-13,15-16H,6-11H2,(H,23,24,26)/t13-,15+,16-/m0/s1. The third-order valence-corrected chi connectivity index (χ3v) is 7.13. The Bertz CT molecular complexity index is 1070. The third kappa shape index (κ3) is 3.26. The summed E-state index contributed by atoms with van der Waals surface area (Å²) in [5.41, 5.74) is 1.68. The lowest BCUT2D eigenvalue weighted by Crippen LogP contribution is -2.18. The van der Waals surface area contributed by atoms with Gasteiger partial charge in [-0.3, -0.25) is 9.59 Å². The Hall–Kier alpha value is -2.47. The molecule has 2 bridgehead atoms. The van der Waals surface area contributed by atoms with E-state index in [0.29, 0.717) is 34.3 Å². The van der Waals surface area contributed by atoms with E-state index in [4.69, 9.17) is 4.74 Å². The largest absolute Gasteiger partial charge is 0.458 e. The quantitative estimate of drug-likeness (QED) is 0.646. The molecule has 2 heterocycles. The first-order valence-corrected chi connectivity index (χ1v) is 10.8. The Morgan fingerprint density at radius 1 is 1.21 bits per heavy atom. The van der Waals surface area contributed by atoms with Crippen LogP contribution >= 0.6 is 11.3 Å². The number of carbonyl (C=O) groups is 1. The molecule has 0 unspecified atom stereocenters. The number of hydrogen-bond donors (Lipinski definition) is 1. The first-order valence-electron chi connectivity index (χ1n) is 9.89. The van der Waals surface area contributed by atoms with Crippen molar-refractivity contribution in [3.8, 4) is 11.1 Å². The smallest absolute Gasteiger partial charge is 0.306 e. The van der Waals surface area contributed by atoms with E-state index in [1.54, 1.807) is 0 Å². The molecule has 144 valence electrons. The highest BCUT2D eigenvalue weighted by Crippen LogP contribution is 2.49. The average molecular weight is 394 g/mol. The molecular formula is C22H22N2O3S. The molecule has 0 spiro atoms. The van der Waals surface area contributed by atoms with Crippen molar-refractivity contribution < 1.29 is 9.53 Å². The second-order valence-corrected chi connectivity index (χ2v) is 8.87. The minimum Gasteiger partial charge on any atom is -0.458 e. The second kappa shape index (κ2) is 7.17. The Labute approximate surface area is 166 Å². The number of fused-ring (bicyclic) bond motifs is 3. The van der Waals surface area contributed by atoms with Gasteiger partial charge in [-0.1, -0.05) is 36.8 Å². The van der Waals surface area contributed by atoms with E-state index in [2.05, 4.69) is 9.97 Å². The molecule has 2 aliphatic rings. The van der Waals surface area contributed by atoms with Gasteiger partial charge in [-0.05, 0) is 42.6 Å². The van der Waals surface area contributed by atoms with Crippen molar-refractivity contribution >= 4 is 27.5 Å². The van der Waals surface area contributed by atoms with E-state index in [1.807, 2.05) is 35.7 Å².